The lowest BCUT2D eigenvalue weighted by atomic mass is 9.84. The predicted molar refractivity (Wildman–Crippen MR) is 253 cm³/mol. The van der Waals surface area contributed by atoms with E-state index >= 15 is 0 Å². The number of rotatable bonds is 4. The van der Waals surface area contributed by atoms with Gasteiger partial charge in [0.1, 0.15) is 0 Å². The third-order valence-electron chi connectivity index (χ3n) is 13.1. The van der Waals surface area contributed by atoms with E-state index in [0.29, 0.717) is 0 Å². The van der Waals surface area contributed by atoms with Crippen LogP contribution < -0.4 is 0 Å². The highest BCUT2D eigenvalue weighted by Gasteiger charge is 2.24. The number of hydrogen-bond donors (Lipinski definition) is 0. The molecular formula is C59H35. The van der Waals surface area contributed by atoms with Crippen LogP contribution in [-0.4, -0.2) is 0 Å². The molecule has 0 unspecified atom stereocenters. The lowest BCUT2D eigenvalue weighted by Gasteiger charge is -2.19. The Balaban J connectivity index is 0.928. The van der Waals surface area contributed by atoms with E-state index in [4.69, 9.17) is 0 Å². The maximum atomic E-state index is 2.40. The standard InChI is InChI=1S/C59H35/c1-2-13-46-44(12-1)41-24-25-42(33-41)45-28-26-40(35-56(45)46)38-10-9-11-43(32-38)59-54-18-7-5-16-52(54)58(53-17-6-8-19-55(53)59)37-22-20-36(21-23-37)39-27-29-51-50-31-30-49(50)47-14-3-4-15-48(47)57(51)34-39/h1-35H. The molecule has 13 rings (SSSR count). The van der Waals surface area contributed by atoms with E-state index in [0.717, 1.165) is 0 Å². The van der Waals surface area contributed by atoms with Gasteiger partial charge in [-0.3, -0.25) is 0 Å². The Morgan fingerprint density at radius 3 is 1.39 bits per heavy atom. The Bertz CT molecular complexity index is 3490. The van der Waals surface area contributed by atoms with Gasteiger partial charge in [0.15, 0.2) is 0 Å². The van der Waals surface area contributed by atoms with Crippen LogP contribution in [-0.2, 0) is 0 Å². The summed E-state index contributed by atoms with van der Waals surface area (Å²) >= 11 is 0. The Morgan fingerprint density at radius 2 is 0.712 bits per heavy atom. The van der Waals surface area contributed by atoms with Crippen LogP contribution in [0.4, 0.5) is 0 Å². The van der Waals surface area contributed by atoms with Gasteiger partial charge in [-0.25, -0.2) is 0 Å². The number of fused-ring (bicyclic) bond motifs is 15. The monoisotopic (exact) mass is 743 g/mol. The van der Waals surface area contributed by atoms with Gasteiger partial charge < -0.3 is 0 Å². The number of allylic oxidation sites excluding steroid dienone is 4. The molecule has 0 spiro atoms. The van der Waals surface area contributed by atoms with Crippen molar-refractivity contribution in [2.24, 2.45) is 0 Å². The fraction of sp³-hybridized carbons (Fsp3) is 0. The topological polar surface area (TPSA) is 0 Å². The minimum absolute atomic E-state index is 1.22. The van der Waals surface area contributed by atoms with Gasteiger partial charge in [-0.05, 0) is 150 Å². The first-order chi connectivity index (χ1) is 29.2. The molecule has 0 fully saturated rings. The van der Waals surface area contributed by atoms with Crippen molar-refractivity contribution in [3.05, 3.63) is 223 Å². The van der Waals surface area contributed by atoms with Crippen LogP contribution in [0.2, 0.25) is 0 Å². The minimum Gasteiger partial charge on any atom is -0.0616 e. The first-order valence-electron chi connectivity index (χ1n) is 20.6. The van der Waals surface area contributed by atoms with E-state index in [9.17, 15) is 0 Å². The summed E-state index contributed by atoms with van der Waals surface area (Å²) in [5, 5.41) is 10.3. The molecule has 0 N–H and O–H groups in total. The molecule has 1 radical (unpaired) electrons. The minimum atomic E-state index is 1.22. The molecule has 0 saturated heterocycles. The second kappa shape index (κ2) is 12.5. The van der Waals surface area contributed by atoms with Gasteiger partial charge in [0.05, 0.1) is 0 Å². The van der Waals surface area contributed by atoms with Crippen LogP contribution in [0.15, 0.2) is 194 Å². The second-order valence-corrected chi connectivity index (χ2v) is 16.2. The lowest BCUT2D eigenvalue weighted by Crippen LogP contribution is -1.95. The average Bonchev–Trinajstić information content (AvgIpc) is 3.73. The molecule has 3 aliphatic rings. The molecule has 0 atom stereocenters. The summed E-state index contributed by atoms with van der Waals surface area (Å²) < 4.78 is 0. The molecule has 0 nitrogen and oxygen atoms in total. The zero-order chi connectivity index (χ0) is 38.6. The summed E-state index contributed by atoms with van der Waals surface area (Å²) in [6.45, 7) is 0. The van der Waals surface area contributed by atoms with Crippen molar-refractivity contribution in [3.8, 4) is 55.6 Å². The highest BCUT2D eigenvalue weighted by molar-refractivity contribution is 6.22. The van der Waals surface area contributed by atoms with Gasteiger partial charge in [0, 0.05) is 6.42 Å². The van der Waals surface area contributed by atoms with Crippen molar-refractivity contribution in [1.82, 2.24) is 0 Å². The van der Waals surface area contributed by atoms with Crippen molar-refractivity contribution in [2.75, 3.05) is 0 Å². The van der Waals surface area contributed by atoms with Crippen molar-refractivity contribution < 1.29 is 0 Å². The third-order valence-corrected chi connectivity index (χ3v) is 13.1. The van der Waals surface area contributed by atoms with E-state index in [-0.39, 0.29) is 0 Å². The zero-order valence-corrected chi connectivity index (χ0v) is 32.2. The highest BCUT2D eigenvalue weighted by Crippen LogP contribution is 2.48. The fourth-order valence-corrected chi connectivity index (χ4v) is 10.2. The fourth-order valence-electron chi connectivity index (χ4n) is 10.2. The zero-order valence-electron chi connectivity index (χ0n) is 32.2. The van der Waals surface area contributed by atoms with E-state index in [1.807, 2.05) is 0 Å². The molecular weight excluding hydrogens is 709 g/mol. The van der Waals surface area contributed by atoms with Crippen molar-refractivity contribution in [1.29, 1.82) is 0 Å². The van der Waals surface area contributed by atoms with E-state index in [2.05, 4.69) is 213 Å². The molecule has 10 aromatic rings. The predicted octanol–water partition coefficient (Wildman–Crippen LogP) is 16.1. The molecule has 0 aliphatic heterocycles. The number of benzene rings is 10. The Kier molecular flexibility index (Phi) is 6.88. The van der Waals surface area contributed by atoms with Crippen LogP contribution in [0.3, 0.4) is 0 Å². The van der Waals surface area contributed by atoms with Gasteiger partial charge >= 0.3 is 0 Å². The normalized spacial score (nSPS) is 13.5. The number of hydrogen-bond acceptors (Lipinski definition) is 0. The molecule has 0 saturated carbocycles. The smallest absolute Gasteiger partial charge is 0.0211 e. The van der Waals surface area contributed by atoms with Gasteiger partial charge in [-0.1, -0.05) is 188 Å². The lowest BCUT2D eigenvalue weighted by molar-refractivity contribution is 1.54. The third kappa shape index (κ3) is 4.84. The molecule has 0 heteroatoms. The van der Waals surface area contributed by atoms with Crippen LogP contribution in [0.25, 0.3) is 122 Å². The summed E-state index contributed by atoms with van der Waals surface area (Å²) in [6.07, 6.45) is 11.3. The van der Waals surface area contributed by atoms with Gasteiger partial charge in [0.2, 0.25) is 0 Å². The van der Waals surface area contributed by atoms with Crippen LogP contribution in [0.5, 0.6) is 0 Å². The summed E-state index contributed by atoms with van der Waals surface area (Å²) in [5.41, 5.74) is 20.4. The molecule has 0 aromatic heterocycles. The van der Waals surface area contributed by atoms with Gasteiger partial charge in [0.25, 0.3) is 0 Å². The van der Waals surface area contributed by atoms with Crippen LogP contribution in [0.1, 0.15) is 22.3 Å². The first-order valence-corrected chi connectivity index (χ1v) is 20.6. The maximum Gasteiger partial charge on any atom is 0.0211 e. The molecule has 10 aromatic carbocycles. The molecule has 271 valence electrons. The SMILES string of the molecule is [CH]1C2=CC=C1c1ccc(-c3cccc(-c4c5ccccc5c(-c5ccc(-c6ccc7c8c(c9ccccc9c7c6)C=C8)cc5)c5ccccc45)c3)cc1-c1ccccc12. The summed E-state index contributed by atoms with van der Waals surface area (Å²) in [7, 11) is 0. The molecule has 2 bridgehead atoms. The van der Waals surface area contributed by atoms with Crippen molar-refractivity contribution in [2.45, 2.75) is 0 Å². The molecule has 0 heterocycles. The maximum absolute atomic E-state index is 2.40. The summed E-state index contributed by atoms with van der Waals surface area (Å²) in [4.78, 5) is 0. The van der Waals surface area contributed by atoms with Gasteiger partial charge in [-0.2, -0.15) is 0 Å². The van der Waals surface area contributed by atoms with E-state index in [1.54, 1.807) is 0 Å². The second-order valence-electron chi connectivity index (χ2n) is 16.2. The first kappa shape index (κ1) is 32.5. The Labute approximate surface area is 343 Å². The summed E-state index contributed by atoms with van der Waals surface area (Å²) in [6, 6.07) is 68.0. The Morgan fingerprint density at radius 1 is 0.237 bits per heavy atom. The Hall–Kier alpha value is -7.54. The van der Waals surface area contributed by atoms with Crippen molar-refractivity contribution >= 4 is 66.4 Å². The van der Waals surface area contributed by atoms with Crippen LogP contribution >= 0.6 is 0 Å². The van der Waals surface area contributed by atoms with Crippen molar-refractivity contribution in [3.63, 3.8) is 0 Å². The largest absolute Gasteiger partial charge is 0.0616 e. The average molecular weight is 744 g/mol. The van der Waals surface area contributed by atoms with E-state index < -0.39 is 0 Å². The molecule has 0 amide bonds. The molecule has 3 aliphatic carbocycles. The highest BCUT2D eigenvalue weighted by atomic mass is 14.3. The van der Waals surface area contributed by atoms with Crippen LogP contribution in [0, 0.1) is 6.42 Å². The molecule has 59 heavy (non-hydrogen) atoms. The van der Waals surface area contributed by atoms with Gasteiger partial charge in [-0.15, -0.1) is 0 Å². The summed E-state index contributed by atoms with van der Waals surface area (Å²) in [5.74, 6) is 0. The van der Waals surface area contributed by atoms with E-state index in [1.165, 1.54) is 132 Å². The quantitative estimate of drug-likeness (QED) is 0.124.